The number of aliphatic hydroxyl groups is 1. The van der Waals surface area contributed by atoms with E-state index in [1.807, 2.05) is 19.1 Å². The summed E-state index contributed by atoms with van der Waals surface area (Å²) in [6.45, 7) is 2.67. The van der Waals surface area contributed by atoms with Crippen molar-refractivity contribution in [1.82, 2.24) is 4.90 Å². The van der Waals surface area contributed by atoms with Gasteiger partial charge in [0.2, 0.25) is 0 Å². The van der Waals surface area contributed by atoms with E-state index >= 15 is 0 Å². The van der Waals surface area contributed by atoms with E-state index < -0.39 is 6.09 Å². The Kier molecular flexibility index (Phi) is 4.86. The summed E-state index contributed by atoms with van der Waals surface area (Å²) in [6.07, 6.45) is -1.31. The smallest absolute Gasteiger partial charge is 0.407 e. The number of hydrogen-bond donors (Lipinski definition) is 2. The Balaban J connectivity index is 2.24. The van der Waals surface area contributed by atoms with Crippen LogP contribution in [-0.4, -0.2) is 47.5 Å². The summed E-state index contributed by atoms with van der Waals surface area (Å²) in [4.78, 5) is 12.4. The minimum absolute atomic E-state index is 0.129. The largest absolute Gasteiger partial charge is 0.465 e. The third-order valence-corrected chi connectivity index (χ3v) is 3.98. The van der Waals surface area contributed by atoms with Crippen LogP contribution in [0.15, 0.2) is 18.2 Å². The van der Waals surface area contributed by atoms with Crippen LogP contribution in [-0.2, 0) is 4.74 Å². The van der Waals surface area contributed by atoms with Gasteiger partial charge in [0.25, 0.3) is 0 Å². The molecule has 6 heteroatoms. The molecule has 0 radical (unpaired) electrons. The van der Waals surface area contributed by atoms with Crippen LogP contribution in [0.4, 0.5) is 4.79 Å². The third-order valence-electron chi connectivity index (χ3n) is 3.56. The Hall–Kier alpha value is -1.30. The highest BCUT2D eigenvalue weighted by Crippen LogP contribution is 2.31. The molecule has 20 heavy (non-hydrogen) atoms. The zero-order valence-electron chi connectivity index (χ0n) is 11.3. The van der Waals surface area contributed by atoms with E-state index in [-0.39, 0.29) is 25.2 Å². The number of ether oxygens (including phenoxy) is 1. The van der Waals surface area contributed by atoms with Crippen molar-refractivity contribution >= 4 is 17.7 Å². The Labute approximate surface area is 122 Å². The highest BCUT2D eigenvalue weighted by Gasteiger charge is 2.30. The van der Waals surface area contributed by atoms with Crippen molar-refractivity contribution in [3.63, 3.8) is 0 Å². The second kappa shape index (κ2) is 6.43. The van der Waals surface area contributed by atoms with Gasteiger partial charge in [0.15, 0.2) is 0 Å². The quantitative estimate of drug-likeness (QED) is 0.879. The van der Waals surface area contributed by atoms with E-state index in [9.17, 15) is 9.90 Å². The number of halogens is 1. The third kappa shape index (κ3) is 3.23. The summed E-state index contributed by atoms with van der Waals surface area (Å²) >= 11 is 6.01. The molecule has 0 unspecified atom stereocenters. The first-order chi connectivity index (χ1) is 9.52. The van der Waals surface area contributed by atoms with E-state index in [1.165, 1.54) is 4.90 Å². The van der Waals surface area contributed by atoms with E-state index in [0.717, 1.165) is 11.1 Å². The van der Waals surface area contributed by atoms with Gasteiger partial charge >= 0.3 is 6.09 Å². The number of hydrogen-bond acceptors (Lipinski definition) is 3. The molecule has 1 aromatic rings. The standard InChI is InChI=1S/C14H18ClNO4/c1-9-6-10(2-3-12(9)15)13-11(8-17)7-16(14(18)19)4-5-20-13/h2-3,6,11,13,17H,4-5,7-8H2,1H3,(H,18,19)/t11-,13-/m1/s1. The Morgan fingerprint density at radius 3 is 2.90 bits per heavy atom. The van der Waals surface area contributed by atoms with E-state index in [0.29, 0.717) is 18.2 Å². The molecule has 1 aliphatic rings. The Morgan fingerprint density at radius 2 is 2.30 bits per heavy atom. The van der Waals surface area contributed by atoms with Crippen LogP contribution in [0.25, 0.3) is 0 Å². The van der Waals surface area contributed by atoms with Gasteiger partial charge in [-0.3, -0.25) is 0 Å². The zero-order chi connectivity index (χ0) is 14.7. The van der Waals surface area contributed by atoms with Gasteiger partial charge in [-0.25, -0.2) is 4.79 Å². The summed E-state index contributed by atoms with van der Waals surface area (Å²) in [5.74, 6) is -0.283. The highest BCUT2D eigenvalue weighted by molar-refractivity contribution is 6.31. The maximum atomic E-state index is 11.1. The lowest BCUT2D eigenvalue weighted by Gasteiger charge is -2.25. The number of nitrogens with zero attached hydrogens (tertiary/aromatic N) is 1. The van der Waals surface area contributed by atoms with Gasteiger partial charge in [-0.1, -0.05) is 23.7 Å². The molecular weight excluding hydrogens is 282 g/mol. The molecule has 0 spiro atoms. The number of carboxylic acid groups (broad SMARTS) is 1. The van der Waals surface area contributed by atoms with Gasteiger partial charge in [0.1, 0.15) is 0 Å². The van der Waals surface area contributed by atoms with Crippen molar-refractivity contribution in [3.8, 4) is 0 Å². The molecule has 1 aromatic carbocycles. The van der Waals surface area contributed by atoms with E-state index in [2.05, 4.69) is 0 Å². The normalized spacial score (nSPS) is 23.4. The minimum atomic E-state index is -0.986. The first-order valence-corrected chi connectivity index (χ1v) is 6.87. The summed E-state index contributed by atoms with van der Waals surface area (Å²) in [6, 6.07) is 5.58. The molecule has 5 nitrogen and oxygen atoms in total. The van der Waals surface area contributed by atoms with Crippen LogP contribution in [0.2, 0.25) is 5.02 Å². The topological polar surface area (TPSA) is 70.0 Å². The molecular formula is C14H18ClNO4. The number of rotatable bonds is 2. The number of aliphatic hydroxyl groups excluding tert-OH is 1. The second-order valence-electron chi connectivity index (χ2n) is 4.97. The lowest BCUT2D eigenvalue weighted by atomic mass is 9.95. The molecule has 0 bridgehead atoms. The predicted molar refractivity (Wildman–Crippen MR) is 75.1 cm³/mol. The maximum absolute atomic E-state index is 11.1. The highest BCUT2D eigenvalue weighted by atomic mass is 35.5. The van der Waals surface area contributed by atoms with Crippen molar-refractivity contribution in [2.24, 2.45) is 5.92 Å². The molecule has 0 aliphatic carbocycles. The first kappa shape index (κ1) is 15.1. The molecule has 1 aliphatic heterocycles. The molecule has 110 valence electrons. The second-order valence-corrected chi connectivity index (χ2v) is 5.38. The SMILES string of the molecule is Cc1cc([C@H]2OCCN(C(=O)O)C[C@@H]2CO)ccc1Cl. The van der Waals surface area contributed by atoms with Crippen LogP contribution in [0.1, 0.15) is 17.2 Å². The summed E-state index contributed by atoms with van der Waals surface area (Å²) in [5, 5.41) is 19.3. The first-order valence-electron chi connectivity index (χ1n) is 6.49. The Morgan fingerprint density at radius 1 is 1.55 bits per heavy atom. The average Bonchev–Trinajstić information content (AvgIpc) is 2.64. The number of aryl methyl sites for hydroxylation is 1. The molecule has 2 atom stereocenters. The molecule has 0 aromatic heterocycles. The van der Waals surface area contributed by atoms with E-state index in [4.69, 9.17) is 21.4 Å². The van der Waals surface area contributed by atoms with Crippen LogP contribution >= 0.6 is 11.6 Å². The molecule has 2 rings (SSSR count). The van der Waals surface area contributed by atoms with Crippen molar-refractivity contribution in [2.75, 3.05) is 26.3 Å². The van der Waals surface area contributed by atoms with Crippen LogP contribution in [0.3, 0.4) is 0 Å². The average molecular weight is 300 g/mol. The summed E-state index contributed by atoms with van der Waals surface area (Å²) in [5.41, 5.74) is 1.85. The van der Waals surface area contributed by atoms with Gasteiger partial charge in [-0.15, -0.1) is 0 Å². The molecule has 1 fully saturated rings. The molecule has 1 heterocycles. The predicted octanol–water partition coefficient (Wildman–Crippen LogP) is 2.31. The zero-order valence-corrected chi connectivity index (χ0v) is 12.0. The monoisotopic (exact) mass is 299 g/mol. The molecule has 1 amide bonds. The summed E-state index contributed by atoms with van der Waals surface area (Å²) in [7, 11) is 0. The van der Waals surface area contributed by atoms with Gasteiger partial charge < -0.3 is 19.8 Å². The van der Waals surface area contributed by atoms with Crippen molar-refractivity contribution in [2.45, 2.75) is 13.0 Å². The fraction of sp³-hybridized carbons (Fsp3) is 0.500. The number of amides is 1. The van der Waals surface area contributed by atoms with Gasteiger partial charge in [-0.05, 0) is 24.1 Å². The van der Waals surface area contributed by atoms with Crippen LogP contribution < -0.4 is 0 Å². The fourth-order valence-corrected chi connectivity index (χ4v) is 2.55. The van der Waals surface area contributed by atoms with Crippen LogP contribution in [0, 0.1) is 12.8 Å². The van der Waals surface area contributed by atoms with Gasteiger partial charge in [0.05, 0.1) is 19.3 Å². The van der Waals surface area contributed by atoms with Crippen molar-refractivity contribution in [1.29, 1.82) is 0 Å². The van der Waals surface area contributed by atoms with Gasteiger partial charge in [0, 0.05) is 24.0 Å². The molecule has 0 saturated carbocycles. The van der Waals surface area contributed by atoms with E-state index in [1.54, 1.807) is 6.07 Å². The fourth-order valence-electron chi connectivity index (χ4n) is 2.44. The molecule has 1 saturated heterocycles. The van der Waals surface area contributed by atoms with Crippen molar-refractivity contribution in [3.05, 3.63) is 34.3 Å². The maximum Gasteiger partial charge on any atom is 0.407 e. The minimum Gasteiger partial charge on any atom is -0.465 e. The summed E-state index contributed by atoms with van der Waals surface area (Å²) < 4.78 is 5.76. The number of carbonyl (C=O) groups is 1. The lowest BCUT2D eigenvalue weighted by molar-refractivity contribution is 0.0113. The molecule has 2 N–H and O–H groups in total. The van der Waals surface area contributed by atoms with Crippen LogP contribution in [0.5, 0.6) is 0 Å². The Bertz CT molecular complexity index is 494. The number of benzene rings is 1. The lowest BCUT2D eigenvalue weighted by Crippen LogP contribution is -2.36. The van der Waals surface area contributed by atoms with Gasteiger partial charge in [-0.2, -0.15) is 0 Å². The van der Waals surface area contributed by atoms with Crippen molar-refractivity contribution < 1.29 is 19.7 Å².